The summed E-state index contributed by atoms with van der Waals surface area (Å²) >= 11 is 6.35. The van der Waals surface area contributed by atoms with Crippen LogP contribution in [-0.2, 0) is 12.0 Å². The fourth-order valence-corrected chi connectivity index (χ4v) is 2.70. The maximum absolute atomic E-state index is 6.35. The van der Waals surface area contributed by atoms with Gasteiger partial charge in [-0.1, -0.05) is 38.4 Å². The molecule has 0 saturated carbocycles. The Morgan fingerprint density at radius 2 is 2.00 bits per heavy atom. The van der Waals surface area contributed by atoms with Crippen LogP contribution in [0.1, 0.15) is 33.5 Å². The van der Waals surface area contributed by atoms with E-state index in [-0.39, 0.29) is 5.41 Å². The van der Waals surface area contributed by atoms with Crippen molar-refractivity contribution < 1.29 is 4.74 Å². The highest BCUT2D eigenvalue weighted by molar-refractivity contribution is 6.33. The fourth-order valence-electron chi connectivity index (χ4n) is 2.45. The summed E-state index contributed by atoms with van der Waals surface area (Å²) in [5.41, 5.74) is 7.65. The van der Waals surface area contributed by atoms with Gasteiger partial charge in [-0.15, -0.1) is 0 Å². The molecular weight excluding hydrogens is 286 g/mol. The van der Waals surface area contributed by atoms with Gasteiger partial charge in [-0.05, 0) is 19.1 Å². The van der Waals surface area contributed by atoms with Crippen molar-refractivity contribution >= 4 is 17.4 Å². The number of nitrogens with two attached hydrogens (primary N) is 1. The molecule has 0 unspecified atom stereocenters. The fraction of sp³-hybridized carbons (Fsp3) is 0.438. The molecule has 1 heterocycles. The number of aromatic nitrogens is 2. The molecule has 114 valence electrons. The minimum atomic E-state index is -0.100. The predicted molar refractivity (Wildman–Crippen MR) is 88.0 cm³/mol. The summed E-state index contributed by atoms with van der Waals surface area (Å²) in [7, 11) is 1.62. The maximum Gasteiger partial charge on any atom is 0.131 e. The van der Waals surface area contributed by atoms with Gasteiger partial charge in [-0.3, -0.25) is 0 Å². The van der Waals surface area contributed by atoms with Crippen LogP contribution in [0.15, 0.2) is 18.2 Å². The standard InChI is InChI=1S/C16H22ClN3O/c1-6-20-14(18)13(19-15(20)16(2,3)4)12-10(17)8-7-9-11(12)21-5/h7-9H,6,18H2,1-5H3. The lowest BCUT2D eigenvalue weighted by molar-refractivity contribution is 0.416. The second-order valence-electron chi connectivity index (χ2n) is 5.98. The molecule has 0 saturated heterocycles. The Bertz CT molecular complexity index is 656. The Hall–Kier alpha value is -1.68. The Labute approximate surface area is 130 Å². The first kappa shape index (κ1) is 15.7. The van der Waals surface area contributed by atoms with Crippen molar-refractivity contribution in [3.63, 3.8) is 0 Å². The molecule has 0 fully saturated rings. The summed E-state index contributed by atoms with van der Waals surface area (Å²) in [6.45, 7) is 9.18. The number of nitrogens with zero attached hydrogens (tertiary/aromatic N) is 2. The third kappa shape index (κ3) is 2.72. The van der Waals surface area contributed by atoms with E-state index < -0.39 is 0 Å². The summed E-state index contributed by atoms with van der Waals surface area (Å²) in [6, 6.07) is 5.53. The SMILES string of the molecule is CCn1c(C(C)(C)C)nc(-c2c(Cl)cccc2OC)c1N. The zero-order valence-corrected chi connectivity index (χ0v) is 14.0. The van der Waals surface area contributed by atoms with E-state index in [0.29, 0.717) is 22.3 Å². The number of imidazole rings is 1. The summed E-state index contributed by atoms with van der Waals surface area (Å²) in [5, 5.41) is 0.585. The van der Waals surface area contributed by atoms with Crippen molar-refractivity contribution in [2.75, 3.05) is 12.8 Å². The molecule has 0 aliphatic carbocycles. The highest BCUT2D eigenvalue weighted by atomic mass is 35.5. The van der Waals surface area contributed by atoms with E-state index in [1.165, 1.54) is 0 Å². The number of hydrogen-bond donors (Lipinski definition) is 1. The van der Waals surface area contributed by atoms with Crippen LogP contribution in [0.25, 0.3) is 11.3 Å². The topological polar surface area (TPSA) is 53.1 Å². The first-order chi connectivity index (χ1) is 9.81. The number of anilines is 1. The molecule has 0 radical (unpaired) electrons. The van der Waals surface area contributed by atoms with Crippen molar-refractivity contribution in [2.45, 2.75) is 39.7 Å². The molecule has 1 aromatic heterocycles. The average Bonchev–Trinajstić information content (AvgIpc) is 2.75. The van der Waals surface area contributed by atoms with E-state index in [1.807, 2.05) is 22.8 Å². The van der Waals surface area contributed by atoms with Crippen LogP contribution < -0.4 is 10.5 Å². The van der Waals surface area contributed by atoms with Gasteiger partial charge in [0.1, 0.15) is 23.1 Å². The number of ether oxygens (including phenoxy) is 1. The van der Waals surface area contributed by atoms with Gasteiger partial charge in [0.15, 0.2) is 0 Å². The van der Waals surface area contributed by atoms with Crippen molar-refractivity contribution in [2.24, 2.45) is 0 Å². The molecule has 5 heteroatoms. The predicted octanol–water partition coefficient (Wildman–Crippen LogP) is 4.11. The van der Waals surface area contributed by atoms with E-state index in [4.69, 9.17) is 27.1 Å². The number of nitrogen functional groups attached to an aromatic ring is 1. The van der Waals surface area contributed by atoms with E-state index in [1.54, 1.807) is 7.11 Å². The Morgan fingerprint density at radius 1 is 1.33 bits per heavy atom. The number of benzene rings is 1. The van der Waals surface area contributed by atoms with E-state index in [9.17, 15) is 0 Å². The molecule has 21 heavy (non-hydrogen) atoms. The molecule has 0 aliphatic rings. The zero-order chi connectivity index (χ0) is 15.8. The van der Waals surface area contributed by atoms with E-state index >= 15 is 0 Å². The van der Waals surface area contributed by atoms with Crippen molar-refractivity contribution in [1.82, 2.24) is 9.55 Å². The van der Waals surface area contributed by atoms with Gasteiger partial charge in [0.25, 0.3) is 0 Å². The molecule has 0 bridgehead atoms. The molecule has 0 spiro atoms. The molecule has 2 rings (SSSR count). The summed E-state index contributed by atoms with van der Waals surface area (Å²) in [5.74, 6) is 2.24. The van der Waals surface area contributed by atoms with Gasteiger partial charge < -0.3 is 15.0 Å². The van der Waals surface area contributed by atoms with Gasteiger partial charge in [0.2, 0.25) is 0 Å². The second-order valence-corrected chi connectivity index (χ2v) is 6.39. The first-order valence-electron chi connectivity index (χ1n) is 7.00. The van der Waals surface area contributed by atoms with Gasteiger partial charge in [0.05, 0.1) is 17.7 Å². The minimum Gasteiger partial charge on any atom is -0.496 e. The maximum atomic E-state index is 6.35. The molecule has 2 N–H and O–H groups in total. The number of hydrogen-bond acceptors (Lipinski definition) is 3. The third-order valence-corrected chi connectivity index (χ3v) is 3.74. The lowest BCUT2D eigenvalue weighted by Crippen LogP contribution is -2.19. The van der Waals surface area contributed by atoms with Crippen LogP contribution in [0.2, 0.25) is 5.02 Å². The van der Waals surface area contributed by atoms with Gasteiger partial charge in [0, 0.05) is 12.0 Å². The van der Waals surface area contributed by atoms with Crippen LogP contribution in [0.5, 0.6) is 5.75 Å². The quantitative estimate of drug-likeness (QED) is 0.928. The molecule has 1 aromatic carbocycles. The Morgan fingerprint density at radius 3 is 2.48 bits per heavy atom. The first-order valence-corrected chi connectivity index (χ1v) is 7.38. The number of rotatable bonds is 3. The van der Waals surface area contributed by atoms with E-state index in [0.717, 1.165) is 17.9 Å². The summed E-state index contributed by atoms with van der Waals surface area (Å²) < 4.78 is 7.44. The summed E-state index contributed by atoms with van der Waals surface area (Å²) in [4.78, 5) is 4.77. The highest BCUT2D eigenvalue weighted by Crippen LogP contribution is 2.40. The highest BCUT2D eigenvalue weighted by Gasteiger charge is 2.26. The molecule has 2 aromatic rings. The van der Waals surface area contributed by atoms with E-state index in [2.05, 4.69) is 27.7 Å². The monoisotopic (exact) mass is 307 g/mol. The van der Waals surface area contributed by atoms with Crippen molar-refractivity contribution in [1.29, 1.82) is 0 Å². The number of halogens is 1. The second kappa shape index (κ2) is 5.60. The molecular formula is C16H22ClN3O. The molecule has 0 amide bonds. The molecule has 4 nitrogen and oxygen atoms in total. The van der Waals surface area contributed by atoms with Gasteiger partial charge >= 0.3 is 0 Å². The van der Waals surface area contributed by atoms with Crippen LogP contribution >= 0.6 is 11.6 Å². The van der Waals surface area contributed by atoms with Crippen LogP contribution in [-0.4, -0.2) is 16.7 Å². The van der Waals surface area contributed by atoms with Gasteiger partial charge in [-0.25, -0.2) is 4.98 Å². The zero-order valence-electron chi connectivity index (χ0n) is 13.2. The third-order valence-electron chi connectivity index (χ3n) is 3.43. The minimum absolute atomic E-state index is 0.100. The molecule has 0 aliphatic heterocycles. The van der Waals surface area contributed by atoms with Gasteiger partial charge in [-0.2, -0.15) is 0 Å². The van der Waals surface area contributed by atoms with Crippen molar-refractivity contribution in [3.8, 4) is 17.0 Å². The van der Waals surface area contributed by atoms with Crippen LogP contribution in [0, 0.1) is 0 Å². The summed E-state index contributed by atoms with van der Waals surface area (Å²) in [6.07, 6.45) is 0. The molecule has 0 atom stereocenters. The lowest BCUT2D eigenvalue weighted by atomic mass is 9.95. The Kier molecular flexibility index (Phi) is 4.19. The van der Waals surface area contributed by atoms with Crippen LogP contribution in [0.4, 0.5) is 5.82 Å². The lowest BCUT2D eigenvalue weighted by Gasteiger charge is -2.19. The largest absolute Gasteiger partial charge is 0.496 e. The average molecular weight is 308 g/mol. The Balaban J connectivity index is 2.75. The smallest absolute Gasteiger partial charge is 0.131 e. The normalized spacial score (nSPS) is 11.7. The van der Waals surface area contributed by atoms with Crippen molar-refractivity contribution in [3.05, 3.63) is 29.0 Å². The van der Waals surface area contributed by atoms with Crippen LogP contribution in [0.3, 0.4) is 0 Å². The number of methoxy groups -OCH3 is 1.